The summed E-state index contributed by atoms with van der Waals surface area (Å²) in [7, 11) is -6.09. The van der Waals surface area contributed by atoms with E-state index in [9.17, 15) is 13.2 Å². The Bertz CT molecular complexity index is 1470. The maximum Gasteiger partial charge on any atom is 0.485 e. The second-order valence-corrected chi connectivity index (χ2v) is 10.2. The molecule has 4 aromatic rings. The lowest BCUT2D eigenvalue weighted by Crippen LogP contribution is -2.24. The summed E-state index contributed by atoms with van der Waals surface area (Å²) in [5.74, 6) is 0. The zero-order valence-corrected chi connectivity index (χ0v) is 19.9. The van der Waals surface area contributed by atoms with Gasteiger partial charge in [0.05, 0.1) is 0 Å². The lowest BCUT2D eigenvalue weighted by Gasteiger charge is -2.25. The molecule has 0 amide bonds. The highest BCUT2D eigenvalue weighted by Gasteiger charge is 2.37. The van der Waals surface area contributed by atoms with Crippen molar-refractivity contribution in [2.75, 3.05) is 0 Å². The predicted octanol–water partition coefficient (Wildman–Crippen LogP) is 5.75. The molecule has 0 saturated carbocycles. The van der Waals surface area contributed by atoms with E-state index >= 15 is 0 Å². The Morgan fingerprint density at radius 2 is 1.08 bits per heavy atom. The van der Waals surface area contributed by atoms with Gasteiger partial charge in [-0.3, -0.25) is 0 Å². The van der Waals surface area contributed by atoms with E-state index in [4.69, 9.17) is 13.0 Å². The van der Waals surface area contributed by atoms with Crippen molar-refractivity contribution in [3.05, 3.63) is 101 Å². The van der Waals surface area contributed by atoms with Gasteiger partial charge in [0, 0.05) is 27.8 Å². The van der Waals surface area contributed by atoms with E-state index < -0.39 is 15.6 Å². The van der Waals surface area contributed by atoms with Crippen molar-refractivity contribution < 1.29 is 31.1 Å². The first kappa shape index (κ1) is 24.2. The van der Waals surface area contributed by atoms with E-state index in [1.54, 1.807) is 0 Å². The summed E-state index contributed by atoms with van der Waals surface area (Å²) in [6.45, 7) is 0. The van der Waals surface area contributed by atoms with Crippen LogP contribution in [0.1, 0.15) is 22.3 Å². The van der Waals surface area contributed by atoms with Gasteiger partial charge < -0.3 is 4.55 Å². The van der Waals surface area contributed by atoms with E-state index in [0.717, 1.165) is 25.7 Å². The Balaban J connectivity index is 0.000000292. The lowest BCUT2D eigenvalue weighted by atomic mass is 9.78. The number of alkyl halides is 3. The third-order valence-corrected chi connectivity index (χ3v) is 7.23. The molecule has 0 radical (unpaired) electrons. The molecule has 0 saturated heterocycles. The van der Waals surface area contributed by atoms with Crippen LogP contribution in [-0.2, 0) is 35.8 Å². The highest BCUT2D eigenvalue weighted by atomic mass is 32.2. The van der Waals surface area contributed by atoms with Gasteiger partial charge in [0.25, 0.3) is 0 Å². The number of rotatable bonds is 1. The number of benzene rings is 3. The zero-order chi connectivity index (χ0) is 25.5. The summed E-state index contributed by atoms with van der Waals surface area (Å²) in [6, 6.07) is 28.8. The molecule has 1 N–H and O–H groups in total. The SMILES string of the molecule is O=S(=O)([O-])C(F)(F)F.c1ccc(-c2c3c([nH+]c4c2CCc2ccccc2-4)-c2ccccc2CC3)cc1. The van der Waals surface area contributed by atoms with Crippen LogP contribution in [0.2, 0.25) is 0 Å². The number of aromatic amines is 1. The van der Waals surface area contributed by atoms with Gasteiger partial charge in [-0.05, 0) is 54.5 Å². The van der Waals surface area contributed by atoms with Gasteiger partial charge in [0.1, 0.15) is 0 Å². The second kappa shape index (κ2) is 9.19. The quantitative estimate of drug-likeness (QED) is 0.242. The molecular formula is C28H22F3NO3S. The Morgan fingerprint density at radius 3 is 1.53 bits per heavy atom. The fraction of sp³-hybridized carbons (Fsp3) is 0.179. The number of aryl methyl sites for hydroxylation is 2. The second-order valence-electron chi connectivity index (χ2n) is 8.79. The number of pyridine rings is 1. The number of nitrogens with one attached hydrogen (secondary N) is 1. The van der Waals surface area contributed by atoms with E-state index in [1.807, 2.05) is 0 Å². The van der Waals surface area contributed by atoms with E-state index in [-0.39, 0.29) is 0 Å². The highest BCUT2D eigenvalue weighted by molar-refractivity contribution is 7.86. The molecule has 184 valence electrons. The normalized spacial score (nSPS) is 13.9. The molecule has 0 fully saturated rings. The first-order chi connectivity index (χ1) is 17.1. The topological polar surface area (TPSA) is 71.3 Å². The number of fused-ring (bicyclic) bond motifs is 6. The van der Waals surface area contributed by atoms with E-state index in [1.165, 1.54) is 55.9 Å². The van der Waals surface area contributed by atoms with E-state index in [0.29, 0.717) is 0 Å². The molecule has 2 aliphatic carbocycles. The largest absolute Gasteiger partial charge is 0.741 e. The molecule has 0 bridgehead atoms. The monoisotopic (exact) mass is 509 g/mol. The fourth-order valence-corrected chi connectivity index (χ4v) is 5.10. The van der Waals surface area contributed by atoms with Crippen LogP contribution in [0.25, 0.3) is 33.6 Å². The molecule has 0 spiro atoms. The maximum atomic E-state index is 10.7. The third-order valence-electron chi connectivity index (χ3n) is 6.67. The molecule has 0 unspecified atom stereocenters. The Labute approximate surface area is 207 Å². The van der Waals surface area contributed by atoms with Crippen molar-refractivity contribution in [3.8, 4) is 33.6 Å². The zero-order valence-electron chi connectivity index (χ0n) is 19.1. The summed E-state index contributed by atoms with van der Waals surface area (Å²) in [4.78, 5) is 3.91. The summed E-state index contributed by atoms with van der Waals surface area (Å²) >= 11 is 0. The van der Waals surface area contributed by atoms with Crippen molar-refractivity contribution in [1.29, 1.82) is 0 Å². The van der Waals surface area contributed by atoms with Crippen LogP contribution in [0.5, 0.6) is 0 Å². The van der Waals surface area contributed by atoms with Crippen LogP contribution in [0.4, 0.5) is 13.2 Å². The molecule has 2 aliphatic rings. The maximum absolute atomic E-state index is 10.7. The predicted molar refractivity (Wildman–Crippen MR) is 130 cm³/mol. The number of H-pyrrole nitrogens is 1. The average molecular weight is 510 g/mol. The van der Waals surface area contributed by atoms with Crippen LogP contribution < -0.4 is 4.98 Å². The first-order valence-electron chi connectivity index (χ1n) is 11.5. The van der Waals surface area contributed by atoms with Gasteiger partial charge in [-0.15, -0.1) is 0 Å². The fourth-order valence-electron chi connectivity index (χ4n) is 5.10. The molecule has 3 aromatic carbocycles. The standard InChI is InChI=1S/C27H21N.CHF3O3S/c1-2-10-20(11-3-1)25-23-16-14-18-8-4-6-12-21(18)26(23)28-27-22-13-7-5-9-19(22)15-17-24(25)27;2-1(3,4)8(5,6)7/h1-13H,14-17H2;(H,5,6,7). The van der Waals surface area contributed by atoms with Gasteiger partial charge in [-0.1, -0.05) is 66.7 Å². The van der Waals surface area contributed by atoms with Crippen LogP contribution >= 0.6 is 0 Å². The van der Waals surface area contributed by atoms with Gasteiger partial charge in [-0.2, -0.15) is 13.2 Å². The minimum atomic E-state index is -6.09. The Kier molecular flexibility index (Phi) is 6.18. The minimum absolute atomic E-state index is 1.10. The van der Waals surface area contributed by atoms with Crippen LogP contribution in [0.15, 0.2) is 78.9 Å². The van der Waals surface area contributed by atoms with Gasteiger partial charge in [-0.25, -0.2) is 13.4 Å². The number of hydrogen-bond acceptors (Lipinski definition) is 3. The first-order valence-corrected chi connectivity index (χ1v) is 12.9. The van der Waals surface area contributed by atoms with Gasteiger partial charge >= 0.3 is 5.51 Å². The van der Waals surface area contributed by atoms with Crippen LogP contribution in [-0.4, -0.2) is 18.5 Å². The summed E-state index contributed by atoms with van der Waals surface area (Å²) < 4.78 is 58.9. The lowest BCUT2D eigenvalue weighted by molar-refractivity contribution is -0.352. The summed E-state index contributed by atoms with van der Waals surface area (Å²) in [5, 5.41) is 0. The summed E-state index contributed by atoms with van der Waals surface area (Å²) in [6.07, 6.45) is 4.43. The summed E-state index contributed by atoms with van der Waals surface area (Å²) in [5.41, 5.74) is 8.42. The van der Waals surface area contributed by atoms with Crippen LogP contribution in [0.3, 0.4) is 0 Å². The number of aromatic nitrogens is 1. The third kappa shape index (κ3) is 4.42. The number of hydrogen-bond donors (Lipinski definition) is 0. The molecule has 0 atom stereocenters. The molecule has 4 nitrogen and oxygen atoms in total. The molecule has 1 aromatic heterocycles. The van der Waals surface area contributed by atoms with Crippen molar-refractivity contribution in [1.82, 2.24) is 0 Å². The molecule has 1 heterocycles. The van der Waals surface area contributed by atoms with Gasteiger partial charge in [0.2, 0.25) is 11.4 Å². The molecule has 8 heteroatoms. The van der Waals surface area contributed by atoms with E-state index in [2.05, 4.69) is 83.8 Å². The smallest absolute Gasteiger partial charge is 0.485 e. The average Bonchev–Trinajstić information content (AvgIpc) is 2.87. The van der Waals surface area contributed by atoms with Crippen LogP contribution in [0, 0.1) is 0 Å². The number of halogens is 3. The van der Waals surface area contributed by atoms with Crippen molar-refractivity contribution in [2.45, 2.75) is 31.2 Å². The molecular weight excluding hydrogens is 487 g/mol. The molecule has 6 rings (SSSR count). The van der Waals surface area contributed by atoms with Crippen molar-refractivity contribution in [3.63, 3.8) is 0 Å². The Hall–Kier alpha value is -3.49. The molecule has 36 heavy (non-hydrogen) atoms. The Morgan fingerprint density at radius 1 is 0.667 bits per heavy atom. The van der Waals surface area contributed by atoms with Crippen molar-refractivity contribution >= 4 is 10.1 Å². The minimum Gasteiger partial charge on any atom is -0.741 e. The highest BCUT2D eigenvalue weighted by Crippen LogP contribution is 2.43. The molecule has 0 aliphatic heterocycles. The van der Waals surface area contributed by atoms with Crippen molar-refractivity contribution in [2.24, 2.45) is 0 Å². The van der Waals surface area contributed by atoms with Gasteiger partial charge in [0.15, 0.2) is 10.1 Å².